The third-order valence-electron chi connectivity index (χ3n) is 3.13. The summed E-state index contributed by atoms with van der Waals surface area (Å²) in [5, 5.41) is 22.8. The molecule has 6 nitrogen and oxygen atoms in total. The molecule has 0 radical (unpaired) electrons. The summed E-state index contributed by atoms with van der Waals surface area (Å²) in [7, 11) is 0. The van der Waals surface area contributed by atoms with E-state index in [0.717, 1.165) is 11.6 Å². The molecule has 2 aromatic carbocycles. The number of nitro benzene ring substituents is 1. The molecule has 0 aromatic heterocycles. The zero-order valence-electron chi connectivity index (χ0n) is 11.5. The molecular formula is C15H13ClN2O4. The van der Waals surface area contributed by atoms with Crippen molar-refractivity contribution in [2.45, 2.75) is 13.2 Å². The molecule has 2 aromatic rings. The van der Waals surface area contributed by atoms with Crippen LogP contribution in [0.15, 0.2) is 42.5 Å². The maximum absolute atomic E-state index is 12.1. The molecule has 0 heterocycles. The van der Waals surface area contributed by atoms with Crippen molar-refractivity contribution in [1.29, 1.82) is 0 Å². The Morgan fingerprint density at radius 1 is 1.23 bits per heavy atom. The number of rotatable bonds is 5. The minimum atomic E-state index is -0.589. The zero-order valence-corrected chi connectivity index (χ0v) is 12.2. The number of carbonyl (C=O) groups excluding carboxylic acids is 1. The molecule has 0 fully saturated rings. The van der Waals surface area contributed by atoms with Gasteiger partial charge in [0, 0.05) is 18.7 Å². The highest BCUT2D eigenvalue weighted by molar-refractivity contribution is 6.33. The number of halogens is 1. The fraction of sp³-hybridized carbons (Fsp3) is 0.133. The summed E-state index contributed by atoms with van der Waals surface area (Å²) in [6.45, 7) is 0.0538. The van der Waals surface area contributed by atoms with Gasteiger partial charge in [-0.3, -0.25) is 14.9 Å². The number of hydrogen-bond donors (Lipinski definition) is 2. The summed E-state index contributed by atoms with van der Waals surface area (Å²) in [6.07, 6.45) is 0. The van der Waals surface area contributed by atoms with Gasteiger partial charge in [0.1, 0.15) is 0 Å². The Kier molecular flexibility index (Phi) is 5.08. The molecule has 0 aliphatic heterocycles. The summed E-state index contributed by atoms with van der Waals surface area (Å²) in [4.78, 5) is 22.3. The van der Waals surface area contributed by atoms with E-state index in [4.69, 9.17) is 11.6 Å². The first-order valence-corrected chi connectivity index (χ1v) is 6.80. The smallest absolute Gasteiger partial charge is 0.270 e. The van der Waals surface area contributed by atoms with Crippen molar-refractivity contribution in [3.05, 3.63) is 74.3 Å². The number of non-ortho nitro benzene ring substituents is 1. The number of nitrogens with zero attached hydrogens (tertiary/aromatic N) is 1. The fourth-order valence-electron chi connectivity index (χ4n) is 1.96. The van der Waals surface area contributed by atoms with Crippen LogP contribution < -0.4 is 5.32 Å². The van der Waals surface area contributed by atoms with Gasteiger partial charge in [0.2, 0.25) is 0 Å². The van der Waals surface area contributed by atoms with Crippen LogP contribution in [-0.4, -0.2) is 15.9 Å². The summed E-state index contributed by atoms with van der Waals surface area (Å²) >= 11 is 5.91. The second-order valence-corrected chi connectivity index (χ2v) is 4.94. The van der Waals surface area contributed by atoms with Crippen LogP contribution >= 0.6 is 11.6 Å². The Balaban J connectivity index is 2.16. The van der Waals surface area contributed by atoms with Crippen molar-refractivity contribution >= 4 is 23.2 Å². The molecule has 0 saturated heterocycles. The molecule has 0 bridgehead atoms. The van der Waals surface area contributed by atoms with Gasteiger partial charge in [0.05, 0.1) is 22.1 Å². The van der Waals surface area contributed by atoms with Crippen LogP contribution in [-0.2, 0) is 13.2 Å². The van der Waals surface area contributed by atoms with Crippen molar-refractivity contribution in [3.63, 3.8) is 0 Å². The Hall–Kier alpha value is -2.44. The lowest BCUT2D eigenvalue weighted by atomic mass is 10.1. The molecule has 2 N–H and O–H groups in total. The lowest BCUT2D eigenvalue weighted by Gasteiger charge is -2.09. The fourth-order valence-corrected chi connectivity index (χ4v) is 2.16. The molecule has 22 heavy (non-hydrogen) atoms. The number of nitro groups is 1. The average molecular weight is 321 g/mol. The normalized spacial score (nSPS) is 10.3. The number of amides is 1. The maximum Gasteiger partial charge on any atom is 0.270 e. The van der Waals surface area contributed by atoms with E-state index in [0.29, 0.717) is 5.56 Å². The average Bonchev–Trinajstić information content (AvgIpc) is 2.53. The first kappa shape index (κ1) is 15.9. The molecule has 0 aliphatic carbocycles. The van der Waals surface area contributed by atoms with E-state index in [2.05, 4.69) is 5.32 Å². The lowest BCUT2D eigenvalue weighted by molar-refractivity contribution is -0.384. The number of aliphatic hydroxyl groups excluding tert-OH is 1. The first-order valence-electron chi connectivity index (χ1n) is 6.42. The zero-order chi connectivity index (χ0) is 16.1. The molecule has 0 saturated carbocycles. The second-order valence-electron chi connectivity index (χ2n) is 4.53. The Morgan fingerprint density at radius 2 is 1.91 bits per heavy atom. The Morgan fingerprint density at radius 3 is 2.55 bits per heavy atom. The molecular weight excluding hydrogens is 308 g/mol. The summed E-state index contributed by atoms with van der Waals surface area (Å²) in [5.74, 6) is -0.513. The standard InChI is InChI=1S/C15H13ClN2O4/c16-14-6-5-12(18(21)22)7-13(14)15(20)17-8-10-3-1-2-4-11(10)9-19/h1-7,19H,8-9H2,(H,17,20). The molecule has 0 unspecified atom stereocenters. The SMILES string of the molecule is O=C(NCc1ccccc1CO)c1cc([N+](=O)[O-])ccc1Cl. The maximum atomic E-state index is 12.1. The van der Waals surface area contributed by atoms with Gasteiger partial charge in [-0.25, -0.2) is 0 Å². The van der Waals surface area contributed by atoms with Crippen molar-refractivity contribution < 1.29 is 14.8 Å². The van der Waals surface area contributed by atoms with Gasteiger partial charge in [-0.1, -0.05) is 35.9 Å². The number of carbonyl (C=O) groups is 1. The lowest BCUT2D eigenvalue weighted by Crippen LogP contribution is -2.23. The topological polar surface area (TPSA) is 92.5 Å². The Labute approximate surface area is 131 Å². The number of benzene rings is 2. The molecule has 0 spiro atoms. The van der Waals surface area contributed by atoms with Crippen LogP contribution in [0.1, 0.15) is 21.5 Å². The van der Waals surface area contributed by atoms with Crippen LogP contribution in [0.25, 0.3) is 0 Å². The third-order valence-corrected chi connectivity index (χ3v) is 3.46. The van der Waals surface area contributed by atoms with E-state index in [1.807, 2.05) is 0 Å². The van der Waals surface area contributed by atoms with Crippen LogP contribution in [0.2, 0.25) is 5.02 Å². The van der Waals surface area contributed by atoms with Crippen LogP contribution in [0, 0.1) is 10.1 Å². The highest BCUT2D eigenvalue weighted by Crippen LogP contribution is 2.22. The summed E-state index contributed by atoms with van der Waals surface area (Å²) in [5.41, 5.74) is 1.30. The van der Waals surface area contributed by atoms with Crippen molar-refractivity contribution in [3.8, 4) is 0 Å². The van der Waals surface area contributed by atoms with Gasteiger partial charge in [-0.15, -0.1) is 0 Å². The number of hydrogen-bond acceptors (Lipinski definition) is 4. The molecule has 114 valence electrons. The van der Waals surface area contributed by atoms with Gasteiger partial charge < -0.3 is 10.4 Å². The minimum Gasteiger partial charge on any atom is -0.392 e. The van der Waals surface area contributed by atoms with Crippen molar-refractivity contribution in [2.75, 3.05) is 0 Å². The largest absolute Gasteiger partial charge is 0.392 e. The van der Waals surface area contributed by atoms with Gasteiger partial charge >= 0.3 is 0 Å². The van der Waals surface area contributed by atoms with E-state index in [1.54, 1.807) is 24.3 Å². The number of nitrogens with one attached hydrogen (secondary N) is 1. The van der Waals surface area contributed by atoms with Crippen LogP contribution in [0.3, 0.4) is 0 Å². The van der Waals surface area contributed by atoms with Crippen LogP contribution in [0.4, 0.5) is 5.69 Å². The van der Waals surface area contributed by atoms with E-state index in [1.165, 1.54) is 12.1 Å². The van der Waals surface area contributed by atoms with Crippen LogP contribution in [0.5, 0.6) is 0 Å². The predicted molar refractivity (Wildman–Crippen MR) is 81.6 cm³/mol. The molecule has 0 atom stereocenters. The summed E-state index contributed by atoms with van der Waals surface area (Å²) in [6, 6.07) is 10.8. The minimum absolute atomic E-state index is 0.0392. The second kappa shape index (κ2) is 7.02. The predicted octanol–water partition coefficient (Wildman–Crippen LogP) is 2.67. The highest BCUT2D eigenvalue weighted by Gasteiger charge is 2.15. The Bertz CT molecular complexity index is 718. The molecule has 2 rings (SSSR count). The highest BCUT2D eigenvalue weighted by atomic mass is 35.5. The van der Waals surface area contributed by atoms with Gasteiger partial charge in [0.25, 0.3) is 11.6 Å². The molecule has 1 amide bonds. The third kappa shape index (κ3) is 3.60. The quantitative estimate of drug-likeness (QED) is 0.654. The van der Waals surface area contributed by atoms with Gasteiger partial charge in [-0.2, -0.15) is 0 Å². The number of aliphatic hydroxyl groups is 1. The van der Waals surface area contributed by atoms with E-state index in [9.17, 15) is 20.0 Å². The van der Waals surface area contributed by atoms with E-state index >= 15 is 0 Å². The van der Waals surface area contributed by atoms with Crippen molar-refractivity contribution in [1.82, 2.24) is 5.32 Å². The van der Waals surface area contributed by atoms with Gasteiger partial charge in [-0.05, 0) is 17.2 Å². The van der Waals surface area contributed by atoms with Gasteiger partial charge in [0.15, 0.2) is 0 Å². The first-order chi connectivity index (χ1) is 10.5. The van der Waals surface area contributed by atoms with E-state index < -0.39 is 10.8 Å². The van der Waals surface area contributed by atoms with E-state index in [-0.39, 0.29) is 29.4 Å². The summed E-state index contributed by atoms with van der Waals surface area (Å²) < 4.78 is 0. The molecule has 0 aliphatic rings. The molecule has 7 heteroatoms. The monoisotopic (exact) mass is 320 g/mol. The van der Waals surface area contributed by atoms with Crippen molar-refractivity contribution in [2.24, 2.45) is 0 Å².